The zero-order chi connectivity index (χ0) is 31.3. The molecule has 0 bridgehead atoms. The Kier molecular flexibility index (Phi) is 7.52. The van der Waals surface area contributed by atoms with Crippen LogP contribution >= 0.6 is 0 Å². The van der Waals surface area contributed by atoms with Crippen molar-refractivity contribution in [2.45, 2.75) is 50.3 Å². The van der Waals surface area contributed by atoms with E-state index in [1.165, 1.54) is 36.4 Å². The summed E-state index contributed by atoms with van der Waals surface area (Å²) >= 11 is 0. The minimum atomic E-state index is -1.22. The highest BCUT2D eigenvalue weighted by atomic mass is 19.1. The molecule has 2 aromatic carbocycles. The summed E-state index contributed by atoms with van der Waals surface area (Å²) in [5.41, 5.74) is 6.21. The van der Waals surface area contributed by atoms with E-state index >= 15 is 0 Å². The molecule has 234 valence electrons. The molecule has 0 radical (unpaired) electrons. The monoisotopic (exact) mass is 610 g/mol. The number of hydrogen-bond donors (Lipinski definition) is 3. The standard InChI is InChI=1S/C31H35FN4O8/c1-17-25(29(38)39)27(37)21-6-7-23(28(42-2)26(21)36(17)18-3-4-18)34-11-9-31(41,10-12-34)16-43-24-8-5-19(13-22(24)32)35-15-20(14-33)44-30(35)40/h5-8,13-14,17-18,25,41H,3-4,9-12,15-16,33H2,1-2H3,(H,38,39)/b20-14+. The molecule has 4 aliphatic rings. The summed E-state index contributed by atoms with van der Waals surface area (Å²) in [6.07, 6.45) is 2.99. The number of cyclic esters (lactones) is 1. The highest BCUT2D eigenvalue weighted by Gasteiger charge is 2.49. The summed E-state index contributed by atoms with van der Waals surface area (Å²) in [6, 6.07) is 7.18. The molecule has 12 nitrogen and oxygen atoms in total. The molecular formula is C31H35FN4O8. The van der Waals surface area contributed by atoms with Crippen LogP contribution in [-0.2, 0) is 9.53 Å². The number of carbonyl (C=O) groups excluding carboxylic acids is 2. The van der Waals surface area contributed by atoms with Crippen molar-refractivity contribution in [3.05, 3.63) is 53.7 Å². The van der Waals surface area contributed by atoms with E-state index in [1.54, 1.807) is 19.1 Å². The fourth-order valence-corrected chi connectivity index (χ4v) is 6.40. The van der Waals surface area contributed by atoms with Gasteiger partial charge in [0.05, 0.1) is 30.7 Å². The Bertz CT molecular complexity index is 1530. The minimum absolute atomic E-state index is 0.0539. The molecule has 13 heteroatoms. The Morgan fingerprint density at radius 2 is 1.93 bits per heavy atom. The number of piperidine rings is 1. The van der Waals surface area contributed by atoms with Crippen LogP contribution in [0.5, 0.6) is 11.5 Å². The fraction of sp³-hybridized carbons (Fsp3) is 0.452. The van der Waals surface area contributed by atoms with E-state index in [-0.39, 0.29) is 36.4 Å². The first kappa shape index (κ1) is 29.5. The number of aliphatic hydroxyl groups is 1. The summed E-state index contributed by atoms with van der Waals surface area (Å²) in [4.78, 5) is 42.6. The van der Waals surface area contributed by atoms with Crippen LogP contribution in [0.3, 0.4) is 0 Å². The van der Waals surface area contributed by atoms with Gasteiger partial charge in [-0.1, -0.05) is 0 Å². The number of ether oxygens (including phenoxy) is 3. The Hall–Kier alpha value is -4.52. The molecule has 2 atom stereocenters. The van der Waals surface area contributed by atoms with Gasteiger partial charge < -0.3 is 40.0 Å². The van der Waals surface area contributed by atoms with Crippen LogP contribution in [0.25, 0.3) is 0 Å². The number of halogens is 1. The van der Waals surface area contributed by atoms with E-state index in [9.17, 15) is 29.0 Å². The second-order valence-electron chi connectivity index (χ2n) is 11.8. The van der Waals surface area contributed by atoms with Crippen molar-refractivity contribution in [3.8, 4) is 11.5 Å². The molecule has 3 aliphatic heterocycles. The number of Topliss-reactive ketones (excluding diaryl/α,β-unsaturated/α-hetero) is 1. The van der Waals surface area contributed by atoms with Crippen LogP contribution in [0.4, 0.5) is 26.2 Å². The number of carboxylic acid groups (broad SMARTS) is 1. The van der Waals surface area contributed by atoms with Crippen LogP contribution in [0.1, 0.15) is 43.0 Å². The van der Waals surface area contributed by atoms with E-state index < -0.39 is 41.2 Å². The zero-order valence-electron chi connectivity index (χ0n) is 24.5. The molecule has 2 aromatic rings. The average Bonchev–Trinajstić information content (AvgIpc) is 3.76. The normalized spacial score (nSPS) is 23.9. The number of carboxylic acids is 1. The SMILES string of the molecule is COc1c(N2CCC(O)(COc3ccc(N4C/C(=C\N)OC4=O)cc3F)CC2)ccc2c1N(C1CC1)C(C)C(C(=O)O)C2=O. The van der Waals surface area contributed by atoms with Gasteiger partial charge in [0.1, 0.15) is 23.9 Å². The van der Waals surface area contributed by atoms with Crippen molar-refractivity contribution in [3.63, 3.8) is 0 Å². The van der Waals surface area contributed by atoms with E-state index in [0.29, 0.717) is 42.9 Å². The Morgan fingerprint density at radius 1 is 1.20 bits per heavy atom. The average molecular weight is 611 g/mol. The predicted molar refractivity (Wildman–Crippen MR) is 158 cm³/mol. The lowest BCUT2D eigenvalue weighted by atomic mass is 9.84. The number of anilines is 3. The summed E-state index contributed by atoms with van der Waals surface area (Å²) in [5, 5.41) is 21.1. The summed E-state index contributed by atoms with van der Waals surface area (Å²) < 4.78 is 31.5. The van der Waals surface area contributed by atoms with E-state index in [0.717, 1.165) is 18.5 Å². The predicted octanol–water partition coefficient (Wildman–Crippen LogP) is 3.26. The quantitative estimate of drug-likeness (QED) is 0.377. The van der Waals surface area contributed by atoms with Gasteiger partial charge in [-0.25, -0.2) is 9.18 Å². The highest BCUT2D eigenvalue weighted by molar-refractivity contribution is 6.15. The third kappa shape index (κ3) is 5.14. The third-order valence-electron chi connectivity index (χ3n) is 8.95. The largest absolute Gasteiger partial charge is 0.492 e. The molecule has 1 aliphatic carbocycles. The number of ketones is 1. The lowest BCUT2D eigenvalue weighted by Gasteiger charge is -2.43. The molecule has 6 rings (SSSR count). The van der Waals surface area contributed by atoms with Gasteiger partial charge in [-0.2, -0.15) is 0 Å². The Balaban J connectivity index is 1.15. The molecule has 1 saturated carbocycles. The topological polar surface area (TPSA) is 155 Å². The van der Waals surface area contributed by atoms with Gasteiger partial charge in [0, 0.05) is 43.0 Å². The first-order chi connectivity index (χ1) is 21.0. The number of benzene rings is 2. The Labute approximate surface area is 253 Å². The van der Waals surface area contributed by atoms with Crippen molar-refractivity contribution in [1.82, 2.24) is 0 Å². The van der Waals surface area contributed by atoms with Crippen molar-refractivity contribution < 1.29 is 43.2 Å². The van der Waals surface area contributed by atoms with E-state index in [1.807, 2.05) is 4.90 Å². The molecule has 1 amide bonds. The number of fused-ring (bicyclic) bond motifs is 1. The minimum Gasteiger partial charge on any atom is -0.492 e. The number of nitrogens with two attached hydrogens (primary N) is 1. The second kappa shape index (κ2) is 11.2. The molecule has 4 N–H and O–H groups in total. The lowest BCUT2D eigenvalue weighted by Crippen LogP contribution is -2.51. The molecular weight excluding hydrogens is 575 g/mol. The first-order valence-electron chi connectivity index (χ1n) is 14.6. The number of carbonyl (C=O) groups is 3. The van der Waals surface area contributed by atoms with Gasteiger partial charge in [0.2, 0.25) is 0 Å². The molecule has 44 heavy (non-hydrogen) atoms. The van der Waals surface area contributed by atoms with Gasteiger partial charge in [0.25, 0.3) is 0 Å². The lowest BCUT2D eigenvalue weighted by molar-refractivity contribution is -0.140. The van der Waals surface area contributed by atoms with Crippen LogP contribution in [0, 0.1) is 11.7 Å². The van der Waals surface area contributed by atoms with Crippen molar-refractivity contribution >= 4 is 34.9 Å². The number of hydrogen-bond acceptors (Lipinski definition) is 10. The number of methoxy groups -OCH3 is 1. The zero-order valence-corrected chi connectivity index (χ0v) is 24.5. The maximum Gasteiger partial charge on any atom is 0.419 e. The Morgan fingerprint density at radius 3 is 2.52 bits per heavy atom. The maximum atomic E-state index is 14.9. The summed E-state index contributed by atoms with van der Waals surface area (Å²) in [7, 11) is 1.54. The number of rotatable bonds is 8. The number of amides is 1. The van der Waals surface area contributed by atoms with Gasteiger partial charge >= 0.3 is 12.1 Å². The van der Waals surface area contributed by atoms with Crippen LogP contribution in [0.15, 0.2) is 42.3 Å². The van der Waals surface area contributed by atoms with Gasteiger partial charge in [0.15, 0.2) is 23.1 Å². The van der Waals surface area contributed by atoms with Gasteiger partial charge in [-0.05, 0) is 56.9 Å². The second-order valence-corrected chi connectivity index (χ2v) is 11.8. The van der Waals surface area contributed by atoms with Crippen LogP contribution < -0.4 is 29.9 Å². The van der Waals surface area contributed by atoms with E-state index in [2.05, 4.69) is 4.90 Å². The maximum absolute atomic E-state index is 14.9. The van der Waals surface area contributed by atoms with Crippen molar-refractivity contribution in [2.75, 3.05) is 48.1 Å². The van der Waals surface area contributed by atoms with Gasteiger partial charge in [-0.3, -0.25) is 14.5 Å². The van der Waals surface area contributed by atoms with Crippen molar-refractivity contribution in [2.24, 2.45) is 11.7 Å². The van der Waals surface area contributed by atoms with E-state index in [4.69, 9.17) is 19.9 Å². The smallest absolute Gasteiger partial charge is 0.419 e. The number of aliphatic carboxylic acids is 1. The summed E-state index contributed by atoms with van der Waals surface area (Å²) in [6.45, 7) is 2.61. The molecule has 2 unspecified atom stereocenters. The van der Waals surface area contributed by atoms with Gasteiger partial charge in [-0.15, -0.1) is 0 Å². The molecule has 2 saturated heterocycles. The molecule has 0 spiro atoms. The molecule has 0 aromatic heterocycles. The highest BCUT2D eigenvalue weighted by Crippen LogP contribution is 2.50. The van der Waals surface area contributed by atoms with Crippen molar-refractivity contribution in [1.29, 1.82) is 0 Å². The third-order valence-corrected chi connectivity index (χ3v) is 8.95. The van der Waals surface area contributed by atoms with Crippen LogP contribution in [-0.4, -0.2) is 79.1 Å². The van der Waals surface area contributed by atoms with Crippen LogP contribution in [0.2, 0.25) is 0 Å². The molecule has 3 fully saturated rings. The summed E-state index contributed by atoms with van der Waals surface area (Å²) in [5.74, 6) is -2.67. The number of nitrogens with zero attached hydrogens (tertiary/aromatic N) is 3. The fourth-order valence-electron chi connectivity index (χ4n) is 6.40. The first-order valence-corrected chi connectivity index (χ1v) is 14.6. The molecule has 3 heterocycles.